The van der Waals surface area contributed by atoms with E-state index in [1.807, 2.05) is 0 Å². The maximum atomic E-state index is 4.58. The summed E-state index contributed by atoms with van der Waals surface area (Å²) in [4.78, 5) is 0. The van der Waals surface area contributed by atoms with Crippen LogP contribution in [-0.2, 0) is 0 Å². The van der Waals surface area contributed by atoms with Gasteiger partial charge in [0.15, 0.2) is 0 Å². The molecule has 0 aliphatic carbocycles. The van der Waals surface area contributed by atoms with Gasteiger partial charge in [0.1, 0.15) is 0 Å². The normalized spacial score (nSPS) is 11.5. The van der Waals surface area contributed by atoms with Crippen LogP contribution in [0, 0.1) is 0 Å². The van der Waals surface area contributed by atoms with E-state index < -0.39 is 0 Å². The zero-order valence-corrected chi connectivity index (χ0v) is 9.71. The van der Waals surface area contributed by atoms with Crippen LogP contribution in [0.3, 0.4) is 0 Å². The van der Waals surface area contributed by atoms with E-state index in [0.29, 0.717) is 6.04 Å². The van der Waals surface area contributed by atoms with Gasteiger partial charge in [-0.25, -0.2) is 5.01 Å². The van der Waals surface area contributed by atoms with Crippen LogP contribution in [0.1, 0.15) is 53.4 Å². The SMILES string of the molecule is CCCC[N]N(CCCC)C(C)C. The Morgan fingerprint density at radius 2 is 1.69 bits per heavy atom. The highest BCUT2D eigenvalue weighted by Gasteiger charge is 2.08. The molecule has 0 aromatic rings. The zero-order valence-electron chi connectivity index (χ0n) is 9.71. The van der Waals surface area contributed by atoms with Gasteiger partial charge in [0, 0.05) is 19.1 Å². The van der Waals surface area contributed by atoms with Crippen LogP contribution in [0.25, 0.3) is 0 Å². The molecule has 79 valence electrons. The van der Waals surface area contributed by atoms with E-state index in [2.05, 4.69) is 38.1 Å². The van der Waals surface area contributed by atoms with Gasteiger partial charge < -0.3 is 0 Å². The third-order valence-electron chi connectivity index (χ3n) is 2.13. The summed E-state index contributed by atoms with van der Waals surface area (Å²) >= 11 is 0. The van der Waals surface area contributed by atoms with Crippen LogP contribution in [-0.4, -0.2) is 24.1 Å². The molecule has 0 saturated heterocycles. The molecule has 2 heteroatoms. The largest absolute Gasteiger partial charge is 0.224 e. The topological polar surface area (TPSA) is 17.3 Å². The third-order valence-corrected chi connectivity index (χ3v) is 2.13. The Labute approximate surface area is 83.7 Å². The van der Waals surface area contributed by atoms with Crippen LogP contribution in [0.2, 0.25) is 0 Å². The highest BCUT2D eigenvalue weighted by Crippen LogP contribution is 1.99. The Balaban J connectivity index is 3.54. The Morgan fingerprint density at radius 3 is 2.15 bits per heavy atom. The standard InChI is InChI=1S/C11H25N2/c1-5-7-9-12-13(11(3)4)10-8-6-2/h11H,5-10H2,1-4H3. The summed E-state index contributed by atoms with van der Waals surface area (Å²) in [6.45, 7) is 11.0. The molecular weight excluding hydrogens is 160 g/mol. The predicted octanol–water partition coefficient (Wildman–Crippen LogP) is 2.82. The first-order chi connectivity index (χ1) is 6.22. The highest BCUT2D eigenvalue weighted by molar-refractivity contribution is 4.57. The lowest BCUT2D eigenvalue weighted by Gasteiger charge is -2.24. The van der Waals surface area contributed by atoms with Crippen molar-refractivity contribution in [3.05, 3.63) is 0 Å². The van der Waals surface area contributed by atoms with Crippen LogP contribution < -0.4 is 5.43 Å². The summed E-state index contributed by atoms with van der Waals surface area (Å²) in [5, 5.41) is 2.24. The second kappa shape index (κ2) is 8.52. The predicted molar refractivity (Wildman–Crippen MR) is 58.7 cm³/mol. The van der Waals surface area contributed by atoms with Crippen molar-refractivity contribution in [2.24, 2.45) is 0 Å². The number of hydrogen-bond acceptors (Lipinski definition) is 1. The molecule has 0 amide bonds. The minimum Gasteiger partial charge on any atom is -0.224 e. The van der Waals surface area contributed by atoms with Gasteiger partial charge in [-0.1, -0.05) is 26.7 Å². The molecule has 0 aliphatic heterocycles. The lowest BCUT2D eigenvalue weighted by Crippen LogP contribution is -2.39. The second-order valence-corrected chi connectivity index (χ2v) is 3.83. The maximum absolute atomic E-state index is 4.58. The molecule has 0 atom stereocenters. The molecule has 0 N–H and O–H groups in total. The van der Waals surface area contributed by atoms with Crippen molar-refractivity contribution in [3.63, 3.8) is 0 Å². The van der Waals surface area contributed by atoms with Crippen molar-refractivity contribution in [3.8, 4) is 0 Å². The lowest BCUT2D eigenvalue weighted by atomic mass is 10.3. The Morgan fingerprint density at radius 1 is 1.08 bits per heavy atom. The fourth-order valence-electron chi connectivity index (χ4n) is 1.17. The van der Waals surface area contributed by atoms with Crippen molar-refractivity contribution in [1.29, 1.82) is 0 Å². The molecular formula is C11H25N2. The van der Waals surface area contributed by atoms with Gasteiger partial charge in [0.05, 0.1) is 0 Å². The highest BCUT2D eigenvalue weighted by atomic mass is 15.5. The van der Waals surface area contributed by atoms with Crippen LogP contribution in [0.4, 0.5) is 0 Å². The van der Waals surface area contributed by atoms with Gasteiger partial charge >= 0.3 is 0 Å². The molecule has 0 spiro atoms. The van der Waals surface area contributed by atoms with Crippen molar-refractivity contribution in [2.75, 3.05) is 13.1 Å². The summed E-state index contributed by atoms with van der Waals surface area (Å²) in [7, 11) is 0. The molecule has 0 fully saturated rings. The van der Waals surface area contributed by atoms with Gasteiger partial charge in [-0.2, -0.15) is 5.43 Å². The van der Waals surface area contributed by atoms with Crippen molar-refractivity contribution in [2.45, 2.75) is 59.4 Å². The zero-order chi connectivity index (χ0) is 10.1. The lowest BCUT2D eigenvalue weighted by molar-refractivity contribution is 0.133. The average Bonchev–Trinajstić information content (AvgIpc) is 2.10. The number of hydrogen-bond donors (Lipinski definition) is 0. The van der Waals surface area contributed by atoms with Gasteiger partial charge in [-0.05, 0) is 26.7 Å². The maximum Gasteiger partial charge on any atom is 0.0306 e. The molecule has 0 aromatic carbocycles. The molecule has 0 heterocycles. The quantitative estimate of drug-likeness (QED) is 0.420. The Kier molecular flexibility index (Phi) is 8.46. The molecule has 13 heavy (non-hydrogen) atoms. The number of nitrogens with zero attached hydrogens (tertiary/aromatic N) is 2. The summed E-state index contributed by atoms with van der Waals surface area (Å²) in [6.07, 6.45) is 4.97. The van der Waals surface area contributed by atoms with E-state index in [0.717, 1.165) is 13.1 Å². The molecule has 0 aliphatic rings. The molecule has 0 unspecified atom stereocenters. The average molecular weight is 185 g/mol. The van der Waals surface area contributed by atoms with Crippen molar-refractivity contribution in [1.82, 2.24) is 10.4 Å². The summed E-state index contributed by atoms with van der Waals surface area (Å²) in [5.74, 6) is 0. The van der Waals surface area contributed by atoms with Gasteiger partial charge in [0.2, 0.25) is 0 Å². The first-order valence-corrected chi connectivity index (χ1v) is 5.66. The number of unbranched alkanes of at least 4 members (excludes halogenated alkanes) is 2. The van der Waals surface area contributed by atoms with E-state index in [4.69, 9.17) is 0 Å². The summed E-state index contributed by atoms with van der Waals surface area (Å²) in [5.41, 5.74) is 4.58. The fourth-order valence-corrected chi connectivity index (χ4v) is 1.17. The summed E-state index contributed by atoms with van der Waals surface area (Å²) in [6, 6.07) is 0.559. The fraction of sp³-hybridized carbons (Fsp3) is 1.00. The van der Waals surface area contributed by atoms with Crippen LogP contribution >= 0.6 is 0 Å². The third kappa shape index (κ3) is 7.03. The smallest absolute Gasteiger partial charge is 0.0306 e. The van der Waals surface area contributed by atoms with E-state index in [1.165, 1.54) is 25.7 Å². The second-order valence-electron chi connectivity index (χ2n) is 3.83. The van der Waals surface area contributed by atoms with Crippen molar-refractivity contribution < 1.29 is 0 Å². The first kappa shape index (κ1) is 12.9. The molecule has 2 nitrogen and oxygen atoms in total. The van der Waals surface area contributed by atoms with E-state index >= 15 is 0 Å². The monoisotopic (exact) mass is 185 g/mol. The van der Waals surface area contributed by atoms with Gasteiger partial charge in [-0.15, -0.1) is 0 Å². The van der Waals surface area contributed by atoms with Crippen LogP contribution in [0.5, 0.6) is 0 Å². The summed E-state index contributed by atoms with van der Waals surface area (Å²) < 4.78 is 0. The molecule has 0 aromatic heterocycles. The minimum absolute atomic E-state index is 0.559. The molecule has 0 rings (SSSR count). The van der Waals surface area contributed by atoms with E-state index in [-0.39, 0.29) is 0 Å². The first-order valence-electron chi connectivity index (χ1n) is 5.66. The van der Waals surface area contributed by atoms with E-state index in [1.54, 1.807) is 0 Å². The Bertz CT molecular complexity index is 102. The van der Waals surface area contributed by atoms with Crippen molar-refractivity contribution >= 4 is 0 Å². The number of rotatable bonds is 8. The minimum atomic E-state index is 0.559. The van der Waals surface area contributed by atoms with Crippen LogP contribution in [0.15, 0.2) is 0 Å². The van der Waals surface area contributed by atoms with Gasteiger partial charge in [-0.3, -0.25) is 0 Å². The molecule has 0 bridgehead atoms. The van der Waals surface area contributed by atoms with Gasteiger partial charge in [0.25, 0.3) is 0 Å². The molecule has 1 radical (unpaired) electrons. The Hall–Kier alpha value is -0.0800. The molecule has 0 saturated carbocycles. The van der Waals surface area contributed by atoms with E-state index in [9.17, 15) is 0 Å².